The van der Waals surface area contributed by atoms with E-state index in [-0.39, 0.29) is 30.1 Å². The first-order chi connectivity index (χ1) is 15.0. The largest absolute Gasteiger partial charge is 0.489 e. The molecular formula is C24H25FN2O3S. The van der Waals surface area contributed by atoms with Crippen LogP contribution in [0.15, 0.2) is 48.5 Å². The highest BCUT2D eigenvalue weighted by molar-refractivity contribution is 7.21. The smallest absolute Gasteiger partial charge is 0.264 e. The summed E-state index contributed by atoms with van der Waals surface area (Å²) in [5.74, 6) is -0.102. The second-order valence-electron chi connectivity index (χ2n) is 7.80. The molecule has 1 aliphatic heterocycles. The normalized spacial score (nSPS) is 16.0. The Morgan fingerprint density at radius 2 is 1.94 bits per heavy atom. The summed E-state index contributed by atoms with van der Waals surface area (Å²) in [4.78, 5) is 29.3. The van der Waals surface area contributed by atoms with Crippen LogP contribution in [-0.4, -0.2) is 54.9 Å². The van der Waals surface area contributed by atoms with Gasteiger partial charge in [0.25, 0.3) is 5.91 Å². The summed E-state index contributed by atoms with van der Waals surface area (Å²) in [6, 6.07) is 14.3. The number of hydrogen-bond donors (Lipinski definition) is 0. The molecule has 1 unspecified atom stereocenters. The highest BCUT2D eigenvalue weighted by atomic mass is 32.1. The second-order valence-corrected chi connectivity index (χ2v) is 8.85. The highest BCUT2D eigenvalue weighted by Crippen LogP contribution is 2.40. The van der Waals surface area contributed by atoms with Crippen LogP contribution in [0.5, 0.6) is 5.75 Å². The molecule has 0 bridgehead atoms. The third-order valence-electron chi connectivity index (χ3n) is 5.74. The monoisotopic (exact) mass is 440 g/mol. The third-order valence-corrected chi connectivity index (χ3v) is 6.91. The number of nitrogens with zero attached hydrogens (tertiary/aromatic N) is 2. The Balaban J connectivity index is 1.53. The highest BCUT2D eigenvalue weighted by Gasteiger charge is 2.32. The molecular weight excluding hydrogens is 415 g/mol. The van der Waals surface area contributed by atoms with Crippen molar-refractivity contribution in [2.75, 3.05) is 33.3 Å². The van der Waals surface area contributed by atoms with Crippen molar-refractivity contribution in [3.8, 4) is 5.75 Å². The van der Waals surface area contributed by atoms with Crippen LogP contribution in [0, 0.1) is 5.82 Å². The van der Waals surface area contributed by atoms with Crippen LogP contribution >= 0.6 is 11.3 Å². The standard InChI is InChI=1S/C24H25FN2O3S/c1-16(28)27-12-11-17(15-27)22-18-7-3-6-10-21(18)31-23(22)24(29)26(2)13-14-30-20-9-5-4-8-19(20)25/h3-10,17H,11-15H2,1-2H3. The molecule has 162 valence electrons. The van der Waals surface area contributed by atoms with E-state index in [4.69, 9.17) is 4.74 Å². The van der Waals surface area contributed by atoms with Gasteiger partial charge in [0.15, 0.2) is 11.6 Å². The zero-order chi connectivity index (χ0) is 22.0. The van der Waals surface area contributed by atoms with Gasteiger partial charge >= 0.3 is 0 Å². The first-order valence-electron chi connectivity index (χ1n) is 10.4. The number of hydrogen-bond acceptors (Lipinski definition) is 4. The van der Waals surface area contributed by atoms with Crippen molar-refractivity contribution >= 4 is 33.2 Å². The first-order valence-corrected chi connectivity index (χ1v) is 11.2. The van der Waals surface area contributed by atoms with Gasteiger partial charge in [-0.1, -0.05) is 30.3 Å². The molecule has 2 heterocycles. The quantitative estimate of drug-likeness (QED) is 0.566. The number of amides is 2. The number of likely N-dealkylation sites (tertiary alicyclic amines) is 1. The molecule has 1 atom stereocenters. The number of rotatable bonds is 6. The number of thiophene rings is 1. The van der Waals surface area contributed by atoms with E-state index in [1.807, 2.05) is 23.1 Å². The molecule has 7 heteroatoms. The average molecular weight is 441 g/mol. The van der Waals surface area contributed by atoms with E-state index >= 15 is 0 Å². The lowest BCUT2D eigenvalue weighted by molar-refractivity contribution is -0.127. The predicted molar refractivity (Wildman–Crippen MR) is 120 cm³/mol. The summed E-state index contributed by atoms with van der Waals surface area (Å²) in [7, 11) is 1.73. The predicted octanol–water partition coefficient (Wildman–Crippen LogP) is 4.53. The minimum atomic E-state index is -0.417. The van der Waals surface area contributed by atoms with Crippen LogP contribution < -0.4 is 4.74 Å². The number of benzene rings is 2. The van der Waals surface area contributed by atoms with Gasteiger partial charge in [-0.15, -0.1) is 11.3 Å². The molecule has 2 aromatic carbocycles. The number of likely N-dealkylation sites (N-methyl/N-ethyl adjacent to an activating group) is 1. The SMILES string of the molecule is CC(=O)N1CCC(c2c(C(=O)N(C)CCOc3ccccc3F)sc3ccccc23)C1. The molecule has 0 aliphatic carbocycles. The summed E-state index contributed by atoms with van der Waals surface area (Å²) in [6.45, 7) is 3.47. The number of ether oxygens (including phenoxy) is 1. The van der Waals surface area contributed by atoms with E-state index in [0.717, 1.165) is 22.1 Å². The van der Waals surface area contributed by atoms with Crippen LogP contribution in [-0.2, 0) is 4.79 Å². The molecule has 1 fully saturated rings. The van der Waals surface area contributed by atoms with Gasteiger partial charge in [0, 0.05) is 37.7 Å². The van der Waals surface area contributed by atoms with Crippen molar-refractivity contribution in [1.29, 1.82) is 0 Å². The number of para-hydroxylation sites is 1. The number of fused-ring (bicyclic) bond motifs is 1. The molecule has 0 N–H and O–H groups in total. The Hall–Kier alpha value is -2.93. The Labute approximate surface area is 185 Å². The van der Waals surface area contributed by atoms with Crippen LogP contribution in [0.3, 0.4) is 0 Å². The van der Waals surface area contributed by atoms with E-state index in [1.165, 1.54) is 17.4 Å². The maximum atomic E-state index is 13.7. The number of carbonyl (C=O) groups excluding carboxylic acids is 2. The molecule has 0 radical (unpaired) electrons. The van der Waals surface area contributed by atoms with Gasteiger partial charge < -0.3 is 14.5 Å². The van der Waals surface area contributed by atoms with E-state index < -0.39 is 5.82 Å². The molecule has 5 nitrogen and oxygen atoms in total. The van der Waals surface area contributed by atoms with Crippen molar-refractivity contribution in [2.24, 2.45) is 0 Å². The van der Waals surface area contributed by atoms with Gasteiger partial charge in [0.2, 0.25) is 5.91 Å². The van der Waals surface area contributed by atoms with Crippen molar-refractivity contribution in [1.82, 2.24) is 9.80 Å². The van der Waals surface area contributed by atoms with E-state index in [2.05, 4.69) is 6.07 Å². The molecule has 4 rings (SSSR count). The summed E-state index contributed by atoms with van der Waals surface area (Å²) < 4.78 is 20.3. The molecule has 0 saturated carbocycles. The molecule has 0 spiro atoms. The lowest BCUT2D eigenvalue weighted by atomic mass is 9.95. The Morgan fingerprint density at radius 3 is 2.68 bits per heavy atom. The average Bonchev–Trinajstić information content (AvgIpc) is 3.39. The van der Waals surface area contributed by atoms with E-state index in [0.29, 0.717) is 24.5 Å². The van der Waals surface area contributed by atoms with Gasteiger partial charge in [0.05, 0.1) is 11.4 Å². The molecule has 2 amide bonds. The van der Waals surface area contributed by atoms with Crippen molar-refractivity contribution in [3.63, 3.8) is 0 Å². The summed E-state index contributed by atoms with van der Waals surface area (Å²) in [6.07, 6.45) is 0.848. The van der Waals surface area contributed by atoms with Gasteiger partial charge in [-0.3, -0.25) is 9.59 Å². The van der Waals surface area contributed by atoms with Crippen molar-refractivity contribution < 1.29 is 18.7 Å². The first kappa shape index (κ1) is 21.3. The van der Waals surface area contributed by atoms with Gasteiger partial charge in [-0.25, -0.2) is 4.39 Å². The van der Waals surface area contributed by atoms with E-state index in [9.17, 15) is 14.0 Å². The fourth-order valence-corrected chi connectivity index (χ4v) is 5.32. The summed E-state index contributed by atoms with van der Waals surface area (Å²) in [5.41, 5.74) is 1.04. The number of halogens is 1. The Kier molecular flexibility index (Phi) is 6.23. The molecule has 1 aliphatic rings. The minimum absolute atomic E-state index is 0.0670. The van der Waals surface area contributed by atoms with Crippen molar-refractivity contribution in [2.45, 2.75) is 19.3 Å². The molecule has 31 heavy (non-hydrogen) atoms. The maximum Gasteiger partial charge on any atom is 0.264 e. The zero-order valence-corrected chi connectivity index (χ0v) is 18.5. The zero-order valence-electron chi connectivity index (χ0n) is 17.6. The molecule has 1 saturated heterocycles. The van der Waals surface area contributed by atoms with Crippen LogP contribution in [0.4, 0.5) is 4.39 Å². The topological polar surface area (TPSA) is 49.9 Å². The van der Waals surface area contributed by atoms with E-state index in [1.54, 1.807) is 37.1 Å². The molecule has 1 aromatic heterocycles. The maximum absolute atomic E-state index is 13.7. The van der Waals surface area contributed by atoms with Gasteiger partial charge in [-0.2, -0.15) is 0 Å². The van der Waals surface area contributed by atoms with Crippen LogP contribution in [0.1, 0.15) is 34.5 Å². The lowest BCUT2D eigenvalue weighted by Crippen LogP contribution is -2.31. The Bertz CT molecular complexity index is 1110. The van der Waals surface area contributed by atoms with Gasteiger partial charge in [0.1, 0.15) is 6.61 Å². The fourth-order valence-electron chi connectivity index (χ4n) is 4.04. The van der Waals surface area contributed by atoms with Crippen molar-refractivity contribution in [3.05, 3.63) is 64.8 Å². The minimum Gasteiger partial charge on any atom is -0.489 e. The van der Waals surface area contributed by atoms with Crippen LogP contribution in [0.2, 0.25) is 0 Å². The van der Waals surface area contributed by atoms with Gasteiger partial charge in [-0.05, 0) is 35.6 Å². The molecule has 3 aromatic rings. The summed E-state index contributed by atoms with van der Waals surface area (Å²) in [5, 5.41) is 1.09. The third kappa shape index (κ3) is 4.42. The van der Waals surface area contributed by atoms with Crippen LogP contribution in [0.25, 0.3) is 10.1 Å². The fraction of sp³-hybridized carbons (Fsp3) is 0.333. The summed E-state index contributed by atoms with van der Waals surface area (Å²) >= 11 is 1.49. The lowest BCUT2D eigenvalue weighted by Gasteiger charge is -2.19. The second kappa shape index (κ2) is 9.06. The Morgan fingerprint density at radius 1 is 1.19 bits per heavy atom. The number of carbonyl (C=O) groups is 2.